The first-order valence-electron chi connectivity index (χ1n) is 6.10. The third-order valence-corrected chi connectivity index (χ3v) is 3.03. The fraction of sp³-hybridized carbons (Fsp3) is 0.0667. The van der Waals surface area contributed by atoms with Crippen LogP contribution in [0.5, 0.6) is 0 Å². The van der Waals surface area contributed by atoms with Crippen molar-refractivity contribution in [2.45, 2.75) is 6.04 Å². The fourth-order valence-corrected chi connectivity index (χ4v) is 1.97. The van der Waals surface area contributed by atoms with Gasteiger partial charge in [-0.2, -0.15) is 5.10 Å². The molecule has 0 amide bonds. The summed E-state index contributed by atoms with van der Waals surface area (Å²) in [5.74, 6) is 0. The van der Waals surface area contributed by atoms with Gasteiger partial charge in [0, 0.05) is 24.2 Å². The molecule has 1 unspecified atom stereocenters. The molecular formula is C15H14N4. The fourth-order valence-electron chi connectivity index (χ4n) is 1.97. The molecule has 0 spiro atoms. The maximum absolute atomic E-state index is 6.21. The summed E-state index contributed by atoms with van der Waals surface area (Å²) in [5, 5.41) is 4.35. The minimum Gasteiger partial charge on any atom is -0.320 e. The average molecular weight is 250 g/mol. The van der Waals surface area contributed by atoms with Gasteiger partial charge in [0.2, 0.25) is 0 Å². The lowest BCUT2D eigenvalue weighted by Crippen LogP contribution is -2.11. The van der Waals surface area contributed by atoms with E-state index in [1.807, 2.05) is 53.3 Å². The summed E-state index contributed by atoms with van der Waals surface area (Å²) >= 11 is 0. The van der Waals surface area contributed by atoms with E-state index >= 15 is 0 Å². The van der Waals surface area contributed by atoms with E-state index in [0.29, 0.717) is 0 Å². The van der Waals surface area contributed by atoms with E-state index in [9.17, 15) is 0 Å². The smallest absolute Gasteiger partial charge is 0.0645 e. The molecule has 94 valence electrons. The van der Waals surface area contributed by atoms with Crippen LogP contribution in [0, 0.1) is 0 Å². The van der Waals surface area contributed by atoms with Crippen LogP contribution in [0.4, 0.5) is 0 Å². The number of nitrogens with two attached hydrogens (primary N) is 1. The Bertz CT molecular complexity index is 646. The molecule has 2 aromatic heterocycles. The van der Waals surface area contributed by atoms with E-state index < -0.39 is 0 Å². The molecule has 4 heteroatoms. The number of nitrogens with zero attached hydrogens (tertiary/aromatic N) is 3. The molecule has 3 rings (SSSR count). The highest BCUT2D eigenvalue weighted by atomic mass is 15.3. The number of pyridine rings is 1. The normalized spacial score (nSPS) is 12.3. The van der Waals surface area contributed by atoms with Crippen LogP contribution < -0.4 is 5.73 Å². The molecule has 3 aromatic rings. The van der Waals surface area contributed by atoms with Gasteiger partial charge in [-0.3, -0.25) is 4.98 Å². The highest BCUT2D eigenvalue weighted by Gasteiger charge is 2.11. The van der Waals surface area contributed by atoms with Gasteiger partial charge in [-0.15, -0.1) is 0 Å². The summed E-state index contributed by atoms with van der Waals surface area (Å²) in [7, 11) is 0. The Balaban J connectivity index is 1.90. The van der Waals surface area contributed by atoms with Crippen LogP contribution in [-0.2, 0) is 0 Å². The average Bonchev–Trinajstić information content (AvgIpc) is 2.98. The van der Waals surface area contributed by atoms with Crippen LogP contribution in [0.1, 0.15) is 17.2 Å². The predicted molar refractivity (Wildman–Crippen MR) is 73.8 cm³/mol. The summed E-state index contributed by atoms with van der Waals surface area (Å²) in [6.45, 7) is 0. The summed E-state index contributed by atoms with van der Waals surface area (Å²) in [4.78, 5) is 4.09. The first-order chi connectivity index (χ1) is 9.34. The standard InChI is InChI=1S/C15H14N4/c16-15(12-5-4-8-17-9-12)13-10-18-19(11-13)14-6-2-1-3-7-14/h1-11,15H,16H2. The SMILES string of the molecule is NC(c1cccnc1)c1cnn(-c2ccccc2)c1. The van der Waals surface area contributed by atoms with E-state index in [1.54, 1.807) is 18.6 Å². The van der Waals surface area contributed by atoms with Crippen LogP contribution in [0.25, 0.3) is 5.69 Å². The van der Waals surface area contributed by atoms with Crippen LogP contribution in [0.2, 0.25) is 0 Å². The molecule has 0 saturated heterocycles. The van der Waals surface area contributed by atoms with E-state index in [4.69, 9.17) is 5.73 Å². The maximum Gasteiger partial charge on any atom is 0.0645 e. The van der Waals surface area contributed by atoms with Gasteiger partial charge >= 0.3 is 0 Å². The zero-order valence-electron chi connectivity index (χ0n) is 10.3. The summed E-state index contributed by atoms with van der Waals surface area (Å²) in [5.41, 5.74) is 9.19. The van der Waals surface area contributed by atoms with Crippen molar-refractivity contribution in [2.75, 3.05) is 0 Å². The minimum atomic E-state index is -0.203. The summed E-state index contributed by atoms with van der Waals surface area (Å²) in [6, 6.07) is 13.6. The third kappa shape index (κ3) is 2.39. The molecule has 0 fully saturated rings. The molecule has 0 bridgehead atoms. The molecule has 0 saturated carbocycles. The zero-order chi connectivity index (χ0) is 13.1. The lowest BCUT2D eigenvalue weighted by Gasteiger charge is -2.08. The highest BCUT2D eigenvalue weighted by molar-refractivity contribution is 5.33. The number of rotatable bonds is 3. The molecule has 0 aliphatic heterocycles. The van der Waals surface area contributed by atoms with E-state index in [2.05, 4.69) is 10.1 Å². The van der Waals surface area contributed by atoms with Crippen LogP contribution in [-0.4, -0.2) is 14.8 Å². The molecule has 1 aromatic carbocycles. The molecular weight excluding hydrogens is 236 g/mol. The maximum atomic E-state index is 6.21. The Morgan fingerprint density at radius 3 is 2.53 bits per heavy atom. The molecule has 2 N–H and O–H groups in total. The lowest BCUT2D eigenvalue weighted by molar-refractivity contribution is 0.856. The van der Waals surface area contributed by atoms with E-state index in [1.165, 1.54) is 0 Å². The Hall–Kier alpha value is -2.46. The van der Waals surface area contributed by atoms with Gasteiger partial charge in [-0.05, 0) is 23.8 Å². The quantitative estimate of drug-likeness (QED) is 0.776. The van der Waals surface area contributed by atoms with Crippen molar-refractivity contribution in [3.63, 3.8) is 0 Å². The van der Waals surface area contributed by atoms with Crippen LogP contribution in [0.15, 0.2) is 67.3 Å². The van der Waals surface area contributed by atoms with Crippen molar-refractivity contribution in [1.29, 1.82) is 0 Å². The summed E-state index contributed by atoms with van der Waals surface area (Å²) < 4.78 is 1.82. The number of para-hydroxylation sites is 1. The van der Waals surface area contributed by atoms with Crippen molar-refractivity contribution in [3.05, 3.63) is 78.4 Å². The summed E-state index contributed by atoms with van der Waals surface area (Å²) in [6.07, 6.45) is 7.27. The largest absolute Gasteiger partial charge is 0.320 e. The first-order valence-corrected chi connectivity index (χ1v) is 6.10. The van der Waals surface area contributed by atoms with Gasteiger partial charge in [-0.1, -0.05) is 24.3 Å². The van der Waals surface area contributed by atoms with Gasteiger partial charge in [0.15, 0.2) is 0 Å². The van der Waals surface area contributed by atoms with Crippen molar-refractivity contribution >= 4 is 0 Å². The second kappa shape index (κ2) is 5.04. The monoisotopic (exact) mass is 250 g/mol. The lowest BCUT2D eigenvalue weighted by atomic mass is 10.1. The zero-order valence-corrected chi connectivity index (χ0v) is 10.3. The first kappa shape index (κ1) is 11.6. The second-order valence-corrected chi connectivity index (χ2v) is 4.32. The van der Waals surface area contributed by atoms with Gasteiger partial charge in [0.25, 0.3) is 0 Å². The second-order valence-electron chi connectivity index (χ2n) is 4.32. The molecule has 2 heterocycles. The molecule has 4 nitrogen and oxygen atoms in total. The number of benzene rings is 1. The molecule has 19 heavy (non-hydrogen) atoms. The Labute approximate surface area is 111 Å². The minimum absolute atomic E-state index is 0.203. The number of aromatic nitrogens is 3. The number of hydrogen-bond donors (Lipinski definition) is 1. The van der Waals surface area contributed by atoms with Crippen molar-refractivity contribution in [3.8, 4) is 5.69 Å². The molecule has 0 aliphatic carbocycles. The van der Waals surface area contributed by atoms with Gasteiger partial charge < -0.3 is 5.73 Å². The Morgan fingerprint density at radius 2 is 1.79 bits per heavy atom. The van der Waals surface area contributed by atoms with E-state index in [-0.39, 0.29) is 6.04 Å². The molecule has 0 aliphatic rings. The number of hydrogen-bond acceptors (Lipinski definition) is 3. The topological polar surface area (TPSA) is 56.7 Å². The highest BCUT2D eigenvalue weighted by Crippen LogP contribution is 2.19. The van der Waals surface area contributed by atoms with Gasteiger partial charge in [0.05, 0.1) is 17.9 Å². The predicted octanol–water partition coefficient (Wildman–Crippen LogP) is 2.32. The molecule has 0 radical (unpaired) electrons. The Kier molecular flexibility index (Phi) is 3.08. The Morgan fingerprint density at radius 1 is 0.947 bits per heavy atom. The van der Waals surface area contributed by atoms with Gasteiger partial charge in [0.1, 0.15) is 0 Å². The van der Waals surface area contributed by atoms with Crippen LogP contribution >= 0.6 is 0 Å². The van der Waals surface area contributed by atoms with Crippen LogP contribution in [0.3, 0.4) is 0 Å². The van der Waals surface area contributed by atoms with Crippen molar-refractivity contribution < 1.29 is 0 Å². The third-order valence-electron chi connectivity index (χ3n) is 3.03. The van der Waals surface area contributed by atoms with Gasteiger partial charge in [-0.25, -0.2) is 4.68 Å². The van der Waals surface area contributed by atoms with E-state index in [0.717, 1.165) is 16.8 Å². The van der Waals surface area contributed by atoms with Crippen molar-refractivity contribution in [1.82, 2.24) is 14.8 Å². The molecule has 1 atom stereocenters. The van der Waals surface area contributed by atoms with Crippen molar-refractivity contribution in [2.24, 2.45) is 5.73 Å².